The van der Waals surface area contributed by atoms with E-state index in [0.717, 1.165) is 0 Å². The Hall–Kier alpha value is -1.92. The minimum Gasteiger partial charge on any atom is -0.411 e. The van der Waals surface area contributed by atoms with Crippen molar-refractivity contribution in [3.8, 4) is 0 Å². The smallest absolute Gasteiger partial charge is 0.139 e. The highest BCUT2D eigenvalue weighted by Gasteiger charge is 2.25. The molecule has 0 radical (unpaired) electrons. The number of hydrogen-bond donors (Lipinski definition) is 3. The summed E-state index contributed by atoms with van der Waals surface area (Å²) in [4.78, 5) is 0. The van der Waals surface area contributed by atoms with Crippen molar-refractivity contribution in [2.24, 2.45) is 10.3 Å². The van der Waals surface area contributed by atoms with Crippen LogP contribution in [0.3, 0.4) is 0 Å². The minimum absolute atomic E-state index is 0.446. The molecule has 0 unspecified atom stereocenters. The molecule has 1 heterocycles. The van der Waals surface area contributed by atoms with E-state index in [4.69, 9.17) is 10.4 Å². The first-order chi connectivity index (χ1) is 6.36. The first-order valence-electron chi connectivity index (χ1n) is 3.70. The number of aromatic amines is 1. The lowest BCUT2D eigenvalue weighted by Gasteiger charge is -2.09. The second kappa shape index (κ2) is 2.85. The second-order valence-electron chi connectivity index (χ2n) is 2.61. The maximum atomic E-state index is 8.62. The first kappa shape index (κ1) is 7.71. The summed E-state index contributed by atoms with van der Waals surface area (Å²) in [5.41, 5.74) is 1.80. The number of aromatic nitrogens is 3. The fraction of sp³-hybridized carbons (Fsp3) is 0.333. The van der Waals surface area contributed by atoms with Crippen molar-refractivity contribution in [2.75, 3.05) is 0 Å². The van der Waals surface area contributed by atoms with Crippen LogP contribution >= 0.6 is 0 Å². The standard InChI is InChI=1S/C6H7N5O2/c12-9-3-1-2-4(10-13)6-5(3)7-11-8-6/h12-13H,1-2H2,(H,7,8,11)/b9-3-,10-4-. The molecule has 0 fully saturated rings. The number of nitrogens with one attached hydrogen (secondary N) is 1. The van der Waals surface area contributed by atoms with Gasteiger partial charge in [0.15, 0.2) is 0 Å². The van der Waals surface area contributed by atoms with Crippen LogP contribution in [0, 0.1) is 0 Å². The van der Waals surface area contributed by atoms with Crippen LogP contribution in [0.5, 0.6) is 0 Å². The number of rotatable bonds is 0. The molecule has 13 heavy (non-hydrogen) atoms. The largest absolute Gasteiger partial charge is 0.411 e. The number of H-pyrrole nitrogens is 1. The van der Waals surface area contributed by atoms with Crippen molar-refractivity contribution in [2.45, 2.75) is 12.8 Å². The Kier molecular flexibility index (Phi) is 1.69. The molecular weight excluding hydrogens is 174 g/mol. The molecule has 3 N–H and O–H groups in total. The summed E-state index contributed by atoms with van der Waals surface area (Å²) in [6, 6.07) is 0. The van der Waals surface area contributed by atoms with E-state index in [1.54, 1.807) is 0 Å². The third-order valence-corrected chi connectivity index (χ3v) is 1.93. The maximum absolute atomic E-state index is 8.62. The molecule has 0 spiro atoms. The van der Waals surface area contributed by atoms with Crippen LogP contribution in [0.2, 0.25) is 0 Å². The predicted molar refractivity (Wildman–Crippen MR) is 42.3 cm³/mol. The monoisotopic (exact) mass is 181 g/mol. The Bertz CT molecular complexity index is 346. The fourth-order valence-corrected chi connectivity index (χ4v) is 1.30. The molecule has 68 valence electrons. The molecule has 2 rings (SSSR count). The topological polar surface area (TPSA) is 107 Å². The van der Waals surface area contributed by atoms with Crippen LogP contribution in [0.1, 0.15) is 24.2 Å². The van der Waals surface area contributed by atoms with Crippen molar-refractivity contribution in [1.29, 1.82) is 0 Å². The Balaban J connectivity index is 2.55. The van der Waals surface area contributed by atoms with Gasteiger partial charge in [0.1, 0.15) is 22.8 Å². The first-order valence-corrected chi connectivity index (χ1v) is 3.70. The summed E-state index contributed by atoms with van der Waals surface area (Å²) in [5.74, 6) is 0. The van der Waals surface area contributed by atoms with Crippen LogP contribution in [0.15, 0.2) is 10.3 Å². The van der Waals surface area contributed by atoms with Gasteiger partial charge in [-0.05, 0) is 0 Å². The van der Waals surface area contributed by atoms with E-state index in [9.17, 15) is 0 Å². The van der Waals surface area contributed by atoms with Crippen LogP contribution in [-0.2, 0) is 0 Å². The SMILES string of the molecule is O/N=C1/CC/C(=N/O)c2n[nH]nc21. The van der Waals surface area contributed by atoms with Gasteiger partial charge in [-0.2, -0.15) is 15.4 Å². The van der Waals surface area contributed by atoms with Crippen molar-refractivity contribution in [3.63, 3.8) is 0 Å². The molecule has 0 atom stereocenters. The summed E-state index contributed by atoms with van der Waals surface area (Å²) in [5, 5.41) is 33.4. The lowest BCUT2D eigenvalue weighted by Crippen LogP contribution is -2.18. The molecule has 0 bridgehead atoms. The third kappa shape index (κ3) is 1.05. The van der Waals surface area contributed by atoms with E-state index in [0.29, 0.717) is 35.7 Å². The Morgan fingerprint density at radius 2 is 1.46 bits per heavy atom. The van der Waals surface area contributed by atoms with Gasteiger partial charge in [0, 0.05) is 12.8 Å². The van der Waals surface area contributed by atoms with Crippen LogP contribution < -0.4 is 0 Å². The number of hydrogen-bond acceptors (Lipinski definition) is 6. The molecule has 0 aliphatic heterocycles. The fourth-order valence-electron chi connectivity index (χ4n) is 1.30. The molecule has 1 aliphatic carbocycles. The van der Waals surface area contributed by atoms with E-state index < -0.39 is 0 Å². The van der Waals surface area contributed by atoms with Gasteiger partial charge in [-0.1, -0.05) is 10.3 Å². The molecule has 0 aromatic carbocycles. The van der Waals surface area contributed by atoms with Crippen molar-refractivity contribution in [1.82, 2.24) is 15.4 Å². The van der Waals surface area contributed by atoms with Gasteiger partial charge in [0.05, 0.1) is 0 Å². The molecule has 7 nitrogen and oxygen atoms in total. The van der Waals surface area contributed by atoms with Gasteiger partial charge >= 0.3 is 0 Å². The third-order valence-electron chi connectivity index (χ3n) is 1.93. The molecule has 1 aliphatic rings. The van der Waals surface area contributed by atoms with Gasteiger partial charge in [-0.3, -0.25) is 0 Å². The Labute approximate surface area is 72.8 Å². The van der Waals surface area contributed by atoms with E-state index in [1.165, 1.54) is 0 Å². The summed E-state index contributed by atoms with van der Waals surface area (Å²) in [7, 11) is 0. The highest BCUT2D eigenvalue weighted by molar-refractivity contribution is 6.15. The molecule has 0 saturated carbocycles. The molecule has 1 aromatic rings. The molecule has 7 heteroatoms. The van der Waals surface area contributed by atoms with Crippen molar-refractivity contribution < 1.29 is 10.4 Å². The zero-order valence-corrected chi connectivity index (χ0v) is 6.60. The average molecular weight is 181 g/mol. The van der Waals surface area contributed by atoms with Gasteiger partial charge in [-0.15, -0.1) is 0 Å². The molecule has 1 aromatic heterocycles. The lowest BCUT2D eigenvalue weighted by molar-refractivity contribution is 0.315. The number of nitrogens with zero attached hydrogens (tertiary/aromatic N) is 4. The molecule has 0 amide bonds. The predicted octanol–water partition coefficient (Wildman–Crippen LogP) is -0.0449. The average Bonchev–Trinajstić information content (AvgIpc) is 2.64. The minimum atomic E-state index is 0.446. The van der Waals surface area contributed by atoms with E-state index >= 15 is 0 Å². The van der Waals surface area contributed by atoms with E-state index in [1.807, 2.05) is 0 Å². The molecule has 0 saturated heterocycles. The second-order valence-corrected chi connectivity index (χ2v) is 2.61. The number of oxime groups is 2. The van der Waals surface area contributed by atoms with Crippen LogP contribution in [0.4, 0.5) is 0 Å². The van der Waals surface area contributed by atoms with E-state index in [-0.39, 0.29) is 0 Å². The zero-order chi connectivity index (χ0) is 9.26. The Morgan fingerprint density at radius 3 is 1.85 bits per heavy atom. The quantitative estimate of drug-likeness (QED) is 0.385. The highest BCUT2D eigenvalue weighted by atomic mass is 16.4. The van der Waals surface area contributed by atoms with Gasteiger partial charge in [0.2, 0.25) is 0 Å². The van der Waals surface area contributed by atoms with E-state index in [2.05, 4.69) is 25.7 Å². The van der Waals surface area contributed by atoms with Crippen LogP contribution in [0.25, 0.3) is 0 Å². The van der Waals surface area contributed by atoms with Gasteiger partial charge < -0.3 is 10.4 Å². The summed E-state index contributed by atoms with van der Waals surface area (Å²) in [6.45, 7) is 0. The van der Waals surface area contributed by atoms with Crippen LogP contribution in [-0.4, -0.2) is 37.2 Å². The van der Waals surface area contributed by atoms with Gasteiger partial charge in [0.25, 0.3) is 0 Å². The zero-order valence-electron chi connectivity index (χ0n) is 6.60. The van der Waals surface area contributed by atoms with Gasteiger partial charge in [-0.25, -0.2) is 0 Å². The Morgan fingerprint density at radius 1 is 1.00 bits per heavy atom. The maximum Gasteiger partial charge on any atom is 0.139 e. The summed E-state index contributed by atoms with van der Waals surface area (Å²) < 4.78 is 0. The molecular formula is C6H7N5O2. The lowest BCUT2D eigenvalue weighted by atomic mass is 9.97. The highest BCUT2D eigenvalue weighted by Crippen LogP contribution is 2.17. The summed E-state index contributed by atoms with van der Waals surface area (Å²) in [6.07, 6.45) is 0.991. The summed E-state index contributed by atoms with van der Waals surface area (Å²) >= 11 is 0. The number of fused-ring (bicyclic) bond motifs is 1. The van der Waals surface area contributed by atoms with Crippen molar-refractivity contribution >= 4 is 11.4 Å². The van der Waals surface area contributed by atoms with Crippen molar-refractivity contribution in [3.05, 3.63) is 11.4 Å². The normalized spacial score (nSPS) is 22.2.